The second kappa shape index (κ2) is 7.16. The van der Waals surface area contributed by atoms with Gasteiger partial charge in [0.05, 0.1) is 15.7 Å². The van der Waals surface area contributed by atoms with Gasteiger partial charge in [0.1, 0.15) is 4.90 Å². The van der Waals surface area contributed by atoms with Crippen LogP contribution in [0.1, 0.15) is 13.3 Å². The molecule has 0 aliphatic rings. The van der Waals surface area contributed by atoms with Crippen molar-refractivity contribution in [1.82, 2.24) is 4.98 Å². The summed E-state index contributed by atoms with van der Waals surface area (Å²) in [5, 5.41) is 14.7. The summed E-state index contributed by atoms with van der Waals surface area (Å²) < 4.78 is 27.7. The Morgan fingerprint density at radius 2 is 2.04 bits per heavy atom. The molecule has 122 valence electrons. The molecule has 2 rings (SSSR count). The van der Waals surface area contributed by atoms with Crippen LogP contribution in [0.3, 0.4) is 0 Å². The fourth-order valence-corrected chi connectivity index (χ4v) is 3.11. The second-order valence-corrected chi connectivity index (χ2v) is 6.75. The van der Waals surface area contributed by atoms with Crippen LogP contribution in [0.2, 0.25) is 10.0 Å². The number of halogens is 2. The van der Waals surface area contributed by atoms with E-state index >= 15 is 0 Å². The number of sulfonamides is 1. The van der Waals surface area contributed by atoms with E-state index in [0.29, 0.717) is 10.7 Å². The number of benzene rings is 1. The standard InChI is InChI=1S/C14H13Cl2N3O3S/c1-2-12(20)19-23(21,22)11-7-4-8-17-14(11)18-10-6-3-5-9(15)13(10)16/h3-8H,2H2,1H3,(H,17,18)(H,19,20)/p-1. The first kappa shape index (κ1) is 17.5. The Balaban J connectivity index is 2.48. The molecule has 23 heavy (non-hydrogen) atoms. The van der Waals surface area contributed by atoms with Crippen LogP contribution in [0.25, 0.3) is 0 Å². The predicted molar refractivity (Wildman–Crippen MR) is 88.9 cm³/mol. The quantitative estimate of drug-likeness (QED) is 0.642. The average molecular weight is 373 g/mol. The maximum Gasteiger partial charge on any atom is 0.285 e. The minimum absolute atomic E-state index is 0.00400. The fourth-order valence-electron chi connectivity index (χ4n) is 1.67. The molecule has 1 heterocycles. The molecule has 0 bridgehead atoms. The number of anilines is 2. The van der Waals surface area contributed by atoms with E-state index in [1.54, 1.807) is 18.2 Å². The fraction of sp³-hybridized carbons (Fsp3) is 0.143. The van der Waals surface area contributed by atoms with E-state index in [9.17, 15) is 13.5 Å². The molecule has 6 nitrogen and oxygen atoms in total. The zero-order valence-electron chi connectivity index (χ0n) is 12.0. The van der Waals surface area contributed by atoms with Crippen molar-refractivity contribution in [3.8, 4) is 0 Å². The molecule has 0 saturated heterocycles. The molecule has 0 radical (unpaired) electrons. The summed E-state index contributed by atoms with van der Waals surface area (Å²) in [7, 11) is -4.17. The highest BCUT2D eigenvalue weighted by molar-refractivity contribution is 7.90. The molecule has 0 fully saturated rings. The molecule has 0 unspecified atom stereocenters. The third-order valence-corrected chi connectivity index (χ3v) is 4.93. The van der Waals surface area contributed by atoms with Crippen molar-refractivity contribution >= 4 is 50.6 Å². The van der Waals surface area contributed by atoms with E-state index in [0.717, 1.165) is 0 Å². The van der Waals surface area contributed by atoms with Gasteiger partial charge in [0.2, 0.25) is 0 Å². The van der Waals surface area contributed by atoms with E-state index in [1.165, 1.54) is 25.3 Å². The van der Waals surface area contributed by atoms with Gasteiger partial charge in [-0.1, -0.05) is 36.2 Å². The van der Waals surface area contributed by atoms with Gasteiger partial charge in [-0.3, -0.25) is 0 Å². The molecular formula is C14H12Cl2N3O3S-. The summed E-state index contributed by atoms with van der Waals surface area (Å²) in [6.07, 6.45) is 1.39. The lowest BCUT2D eigenvalue weighted by Crippen LogP contribution is -2.18. The first-order valence-electron chi connectivity index (χ1n) is 6.52. The Hall–Kier alpha value is -1.83. The van der Waals surface area contributed by atoms with Crippen LogP contribution in [0, 0.1) is 0 Å². The lowest BCUT2D eigenvalue weighted by molar-refractivity contribution is -0.217. The van der Waals surface area contributed by atoms with Crippen LogP contribution < -0.4 is 10.4 Å². The number of nitrogens with one attached hydrogen (secondary N) is 1. The molecule has 0 aliphatic carbocycles. The first-order chi connectivity index (χ1) is 10.8. The van der Waals surface area contributed by atoms with Gasteiger partial charge in [-0.05, 0) is 36.6 Å². The number of aromatic nitrogens is 1. The zero-order valence-corrected chi connectivity index (χ0v) is 14.3. The van der Waals surface area contributed by atoms with Gasteiger partial charge in [0.15, 0.2) is 5.82 Å². The van der Waals surface area contributed by atoms with Crippen LogP contribution in [0.4, 0.5) is 11.5 Å². The molecule has 9 heteroatoms. The molecule has 1 aromatic heterocycles. The van der Waals surface area contributed by atoms with Crippen molar-refractivity contribution in [2.75, 3.05) is 5.32 Å². The molecule has 1 N–H and O–H groups in total. The van der Waals surface area contributed by atoms with Gasteiger partial charge >= 0.3 is 0 Å². The van der Waals surface area contributed by atoms with Crippen molar-refractivity contribution in [3.63, 3.8) is 0 Å². The molecular weight excluding hydrogens is 361 g/mol. The van der Waals surface area contributed by atoms with Crippen LogP contribution in [-0.2, 0) is 10.0 Å². The highest BCUT2D eigenvalue weighted by Gasteiger charge is 2.19. The highest BCUT2D eigenvalue weighted by Crippen LogP contribution is 2.33. The van der Waals surface area contributed by atoms with Crippen LogP contribution in [-0.4, -0.2) is 19.3 Å². The molecule has 1 aromatic carbocycles. The Bertz CT molecular complexity index is 854. The van der Waals surface area contributed by atoms with E-state index < -0.39 is 15.9 Å². The molecule has 0 saturated carbocycles. The van der Waals surface area contributed by atoms with Crippen molar-refractivity contribution in [3.05, 3.63) is 46.6 Å². The predicted octanol–water partition coefficient (Wildman–Crippen LogP) is 2.99. The van der Waals surface area contributed by atoms with E-state index in [-0.39, 0.29) is 22.2 Å². The topological polar surface area (TPSA) is 94.5 Å². The number of hydrogen-bond acceptors (Lipinski definition) is 5. The Morgan fingerprint density at radius 1 is 1.30 bits per heavy atom. The van der Waals surface area contributed by atoms with Crippen molar-refractivity contribution in [1.29, 1.82) is 0 Å². The van der Waals surface area contributed by atoms with E-state index in [2.05, 4.69) is 14.7 Å². The minimum atomic E-state index is -4.17. The monoisotopic (exact) mass is 372 g/mol. The van der Waals surface area contributed by atoms with E-state index in [1.807, 2.05) is 0 Å². The lowest BCUT2D eigenvalue weighted by atomic mass is 10.3. The summed E-state index contributed by atoms with van der Waals surface area (Å²) in [5.41, 5.74) is 0.385. The molecule has 2 aromatic rings. The molecule has 0 atom stereocenters. The first-order valence-corrected chi connectivity index (χ1v) is 8.71. The van der Waals surface area contributed by atoms with Gasteiger partial charge in [-0.25, -0.2) is 4.98 Å². The Labute approximate surface area is 143 Å². The summed E-state index contributed by atoms with van der Waals surface area (Å²) in [6.45, 7) is 1.52. The minimum Gasteiger partial charge on any atom is -0.861 e. The van der Waals surface area contributed by atoms with Crippen molar-refractivity contribution in [2.45, 2.75) is 18.2 Å². The SMILES string of the molecule is CCC([O-])=NS(=O)(=O)c1cccnc1Nc1cccc(Cl)c1Cl. The molecule has 0 spiro atoms. The maximum absolute atomic E-state index is 12.2. The number of pyridine rings is 1. The Morgan fingerprint density at radius 3 is 2.74 bits per heavy atom. The van der Waals surface area contributed by atoms with Gasteiger partial charge < -0.3 is 10.4 Å². The van der Waals surface area contributed by atoms with Crippen molar-refractivity contribution in [2.24, 2.45) is 4.40 Å². The molecule has 0 aliphatic heterocycles. The highest BCUT2D eigenvalue weighted by atomic mass is 35.5. The summed E-state index contributed by atoms with van der Waals surface area (Å²) in [5.74, 6) is -0.732. The normalized spacial score (nSPS) is 12.2. The second-order valence-electron chi connectivity index (χ2n) is 4.39. The van der Waals surface area contributed by atoms with Crippen LogP contribution in [0.5, 0.6) is 0 Å². The molecule has 0 amide bonds. The van der Waals surface area contributed by atoms with Crippen molar-refractivity contribution < 1.29 is 13.5 Å². The third kappa shape index (κ3) is 4.13. The lowest BCUT2D eigenvalue weighted by Gasteiger charge is -2.13. The van der Waals surface area contributed by atoms with E-state index in [4.69, 9.17) is 23.2 Å². The van der Waals surface area contributed by atoms with Gasteiger partial charge in [-0.15, -0.1) is 0 Å². The van der Waals surface area contributed by atoms with Gasteiger partial charge in [0, 0.05) is 6.20 Å². The Kier molecular flexibility index (Phi) is 5.46. The maximum atomic E-state index is 12.2. The number of rotatable bonds is 5. The van der Waals surface area contributed by atoms with Crippen LogP contribution >= 0.6 is 23.2 Å². The number of hydrogen-bond donors (Lipinski definition) is 1. The average Bonchev–Trinajstić information content (AvgIpc) is 2.51. The summed E-state index contributed by atoms with van der Waals surface area (Å²) in [6, 6.07) is 7.60. The van der Waals surface area contributed by atoms with Gasteiger partial charge in [0.25, 0.3) is 10.0 Å². The smallest absolute Gasteiger partial charge is 0.285 e. The summed E-state index contributed by atoms with van der Waals surface area (Å²) in [4.78, 5) is 3.76. The summed E-state index contributed by atoms with van der Waals surface area (Å²) >= 11 is 12.0. The number of nitrogens with zero attached hydrogens (tertiary/aromatic N) is 2. The van der Waals surface area contributed by atoms with Gasteiger partial charge in [-0.2, -0.15) is 12.8 Å². The zero-order chi connectivity index (χ0) is 17.0. The van der Waals surface area contributed by atoms with Crippen LogP contribution in [0.15, 0.2) is 45.8 Å². The largest absolute Gasteiger partial charge is 0.861 e. The third-order valence-electron chi connectivity index (χ3n) is 2.78.